The van der Waals surface area contributed by atoms with Crippen LogP contribution in [0.3, 0.4) is 0 Å². The summed E-state index contributed by atoms with van der Waals surface area (Å²) in [4.78, 5) is 13.5. The number of nitrogens with one attached hydrogen (secondary N) is 2. The second-order valence-corrected chi connectivity index (χ2v) is 12.5. The summed E-state index contributed by atoms with van der Waals surface area (Å²) in [5.74, 6) is -1.62. The van der Waals surface area contributed by atoms with E-state index in [0.29, 0.717) is 44.0 Å². The molecule has 2 fully saturated rings. The number of anilines is 1. The van der Waals surface area contributed by atoms with Gasteiger partial charge < -0.3 is 21.1 Å². The lowest BCUT2D eigenvalue weighted by molar-refractivity contribution is -0.118. The molecule has 4 atom stereocenters. The van der Waals surface area contributed by atoms with Crippen molar-refractivity contribution in [2.75, 3.05) is 37.9 Å². The second-order valence-electron chi connectivity index (χ2n) is 10.6. The third kappa shape index (κ3) is 7.20. The molecular formula is C28H38F2N4O4S. The summed E-state index contributed by atoms with van der Waals surface area (Å²) in [6.45, 7) is 3.97. The predicted octanol–water partition coefficient (Wildman–Crippen LogP) is 3.00. The zero-order valence-electron chi connectivity index (χ0n) is 22.4. The van der Waals surface area contributed by atoms with Gasteiger partial charge in [0.15, 0.2) is 0 Å². The molecule has 214 valence electrons. The first kappa shape index (κ1) is 29.5. The quantitative estimate of drug-likeness (QED) is 0.432. The van der Waals surface area contributed by atoms with Crippen molar-refractivity contribution >= 4 is 21.6 Å². The van der Waals surface area contributed by atoms with E-state index in [9.17, 15) is 17.6 Å². The number of piperazine rings is 1. The third-order valence-electron chi connectivity index (χ3n) is 7.82. The topological polar surface area (TPSA) is 114 Å². The summed E-state index contributed by atoms with van der Waals surface area (Å²) < 4.78 is 60.5. The molecule has 2 aliphatic heterocycles. The first-order valence-electron chi connectivity index (χ1n) is 13.4. The fraction of sp³-hybridized carbons (Fsp3) is 0.536. The van der Waals surface area contributed by atoms with E-state index in [0.717, 1.165) is 18.4 Å². The van der Waals surface area contributed by atoms with E-state index in [1.165, 1.54) is 34.8 Å². The average Bonchev–Trinajstić information content (AvgIpc) is 2.89. The SMILES string of the molecule is C[C@H]1CNC[C@H](CCc2c(F)cccc2NC(=O)[C@@H](N)[C@@H](c2ccc(F)cc2)C2CCOCC2)N1S(C)(=O)=O. The lowest BCUT2D eigenvalue weighted by atomic mass is 9.76. The normalized spacial score (nSPS) is 22.8. The number of nitrogens with zero attached hydrogens (tertiary/aromatic N) is 1. The zero-order chi connectivity index (χ0) is 28.2. The van der Waals surface area contributed by atoms with Crippen molar-refractivity contribution in [3.05, 3.63) is 65.2 Å². The Morgan fingerprint density at radius 3 is 2.51 bits per heavy atom. The maximum atomic E-state index is 15.0. The van der Waals surface area contributed by atoms with Gasteiger partial charge in [-0.2, -0.15) is 4.31 Å². The Morgan fingerprint density at radius 1 is 1.15 bits per heavy atom. The lowest BCUT2D eigenvalue weighted by Crippen LogP contribution is -2.58. The van der Waals surface area contributed by atoms with Crippen molar-refractivity contribution in [1.29, 1.82) is 0 Å². The monoisotopic (exact) mass is 564 g/mol. The van der Waals surface area contributed by atoms with E-state index < -0.39 is 27.8 Å². The van der Waals surface area contributed by atoms with Crippen molar-refractivity contribution < 1.29 is 26.7 Å². The molecule has 0 aromatic heterocycles. The molecule has 0 unspecified atom stereocenters. The number of benzene rings is 2. The van der Waals surface area contributed by atoms with Gasteiger partial charge in [0, 0.05) is 55.6 Å². The first-order valence-corrected chi connectivity index (χ1v) is 15.3. The number of sulfonamides is 1. The number of rotatable bonds is 9. The number of ether oxygens (including phenoxy) is 1. The molecular weight excluding hydrogens is 526 g/mol. The van der Waals surface area contributed by atoms with Crippen LogP contribution in [-0.4, -0.2) is 69.3 Å². The number of amides is 1. The molecule has 39 heavy (non-hydrogen) atoms. The molecule has 2 aliphatic rings. The Bertz CT molecular complexity index is 1240. The number of carbonyl (C=O) groups is 1. The highest BCUT2D eigenvalue weighted by Crippen LogP contribution is 2.35. The van der Waals surface area contributed by atoms with Crippen LogP contribution in [0.5, 0.6) is 0 Å². The summed E-state index contributed by atoms with van der Waals surface area (Å²) in [7, 11) is -3.45. The molecule has 1 amide bonds. The van der Waals surface area contributed by atoms with Crippen LogP contribution >= 0.6 is 0 Å². The molecule has 4 N–H and O–H groups in total. The van der Waals surface area contributed by atoms with E-state index >= 15 is 4.39 Å². The summed E-state index contributed by atoms with van der Waals surface area (Å²) in [5.41, 5.74) is 7.93. The van der Waals surface area contributed by atoms with Crippen LogP contribution < -0.4 is 16.4 Å². The highest BCUT2D eigenvalue weighted by molar-refractivity contribution is 7.88. The smallest absolute Gasteiger partial charge is 0.241 e. The van der Waals surface area contributed by atoms with Crippen LogP contribution in [0.15, 0.2) is 42.5 Å². The minimum absolute atomic E-state index is 0.0692. The highest BCUT2D eigenvalue weighted by Gasteiger charge is 2.36. The Balaban J connectivity index is 1.53. The summed E-state index contributed by atoms with van der Waals surface area (Å²) >= 11 is 0. The molecule has 11 heteroatoms. The minimum Gasteiger partial charge on any atom is -0.381 e. The summed E-state index contributed by atoms with van der Waals surface area (Å²) in [5, 5.41) is 6.08. The Morgan fingerprint density at radius 2 is 1.85 bits per heavy atom. The molecule has 8 nitrogen and oxygen atoms in total. The van der Waals surface area contributed by atoms with Gasteiger partial charge in [0.2, 0.25) is 15.9 Å². The molecule has 2 aromatic rings. The van der Waals surface area contributed by atoms with Gasteiger partial charge in [0.1, 0.15) is 11.6 Å². The van der Waals surface area contributed by atoms with Gasteiger partial charge in [-0.15, -0.1) is 0 Å². The molecule has 0 bridgehead atoms. The average molecular weight is 565 g/mol. The molecule has 2 aromatic carbocycles. The van der Waals surface area contributed by atoms with E-state index in [2.05, 4.69) is 10.6 Å². The van der Waals surface area contributed by atoms with E-state index in [1.54, 1.807) is 18.2 Å². The molecule has 2 heterocycles. The fourth-order valence-electron chi connectivity index (χ4n) is 5.98. The van der Waals surface area contributed by atoms with E-state index in [-0.39, 0.29) is 36.2 Å². The summed E-state index contributed by atoms with van der Waals surface area (Å²) in [6, 6.07) is 8.98. The number of hydrogen-bond donors (Lipinski definition) is 3. The molecule has 2 saturated heterocycles. The van der Waals surface area contributed by atoms with Crippen molar-refractivity contribution in [3.63, 3.8) is 0 Å². The largest absolute Gasteiger partial charge is 0.381 e. The van der Waals surface area contributed by atoms with Crippen LogP contribution in [0, 0.1) is 17.6 Å². The zero-order valence-corrected chi connectivity index (χ0v) is 23.2. The summed E-state index contributed by atoms with van der Waals surface area (Å²) in [6.07, 6.45) is 3.23. The van der Waals surface area contributed by atoms with Gasteiger partial charge in [-0.1, -0.05) is 18.2 Å². The maximum absolute atomic E-state index is 15.0. The van der Waals surface area contributed by atoms with Crippen LogP contribution in [0.25, 0.3) is 0 Å². The van der Waals surface area contributed by atoms with Gasteiger partial charge in [-0.05, 0) is 68.4 Å². The van der Waals surface area contributed by atoms with Gasteiger partial charge >= 0.3 is 0 Å². The Kier molecular flexibility index (Phi) is 9.71. The van der Waals surface area contributed by atoms with Gasteiger partial charge in [-0.3, -0.25) is 4.79 Å². The van der Waals surface area contributed by atoms with Crippen molar-refractivity contribution in [1.82, 2.24) is 9.62 Å². The molecule has 0 radical (unpaired) electrons. The van der Waals surface area contributed by atoms with E-state index in [4.69, 9.17) is 10.5 Å². The molecule has 4 rings (SSSR count). The Hall–Kier alpha value is -2.44. The number of carbonyl (C=O) groups excluding carboxylic acids is 1. The van der Waals surface area contributed by atoms with Crippen LogP contribution in [0.2, 0.25) is 0 Å². The number of halogens is 2. The van der Waals surface area contributed by atoms with Crippen LogP contribution in [-0.2, 0) is 26.0 Å². The third-order valence-corrected chi connectivity index (χ3v) is 9.24. The second kappa shape index (κ2) is 12.8. The molecule has 0 spiro atoms. The lowest BCUT2D eigenvalue weighted by Gasteiger charge is -2.39. The van der Waals surface area contributed by atoms with Crippen LogP contribution in [0.4, 0.5) is 14.5 Å². The van der Waals surface area contributed by atoms with Crippen molar-refractivity contribution in [3.8, 4) is 0 Å². The first-order chi connectivity index (χ1) is 18.6. The molecule has 0 saturated carbocycles. The molecule has 0 aliphatic carbocycles. The Labute approximate surface area is 229 Å². The highest BCUT2D eigenvalue weighted by atomic mass is 32.2. The predicted molar refractivity (Wildman–Crippen MR) is 147 cm³/mol. The van der Waals surface area contributed by atoms with E-state index in [1.807, 2.05) is 6.92 Å². The van der Waals surface area contributed by atoms with Crippen molar-refractivity contribution in [2.24, 2.45) is 11.7 Å². The fourth-order valence-corrected chi connectivity index (χ4v) is 7.43. The maximum Gasteiger partial charge on any atom is 0.241 e. The number of nitrogens with two attached hydrogens (primary N) is 1. The van der Waals surface area contributed by atoms with Gasteiger partial charge in [0.05, 0.1) is 12.3 Å². The van der Waals surface area contributed by atoms with Crippen LogP contribution in [0.1, 0.15) is 43.2 Å². The number of hydrogen-bond acceptors (Lipinski definition) is 6. The minimum atomic E-state index is -3.45. The van der Waals surface area contributed by atoms with Crippen molar-refractivity contribution in [2.45, 2.75) is 56.7 Å². The van der Waals surface area contributed by atoms with Gasteiger partial charge in [-0.25, -0.2) is 17.2 Å². The standard InChI is InChI=1S/C28H38F2N4O4S/c1-18-16-32-17-22(34(18)39(2,36)37)10-11-23-24(30)4-3-5-25(23)33-28(35)27(31)26(20-12-14-38-15-13-20)19-6-8-21(29)9-7-19/h3-9,18,20,22,26-27,32H,10-17,31H2,1-2H3,(H,33,35)/t18-,22-,26-,27-/m0/s1. The van der Waals surface area contributed by atoms with Gasteiger partial charge in [0.25, 0.3) is 0 Å².